The lowest BCUT2D eigenvalue weighted by molar-refractivity contribution is 0.0947. The molecule has 7 nitrogen and oxygen atoms in total. The van der Waals surface area contributed by atoms with Crippen LogP contribution in [0.15, 0.2) is 34.9 Å². The summed E-state index contributed by atoms with van der Waals surface area (Å²) in [6.45, 7) is 7.60. The fourth-order valence-corrected chi connectivity index (χ4v) is 4.46. The van der Waals surface area contributed by atoms with Gasteiger partial charge in [0.2, 0.25) is 0 Å². The molecule has 180 valence electrons. The minimum atomic E-state index is -0.373. The number of hydrogen-bond acceptors (Lipinski definition) is 6. The average Bonchev–Trinajstić information content (AvgIpc) is 3.24. The summed E-state index contributed by atoms with van der Waals surface area (Å²) in [7, 11) is 0. The van der Waals surface area contributed by atoms with Gasteiger partial charge in [-0.05, 0) is 47.6 Å². The van der Waals surface area contributed by atoms with Gasteiger partial charge in [0.05, 0.1) is 11.1 Å². The normalized spacial score (nSPS) is 13.8. The van der Waals surface area contributed by atoms with E-state index in [-0.39, 0.29) is 41.5 Å². The van der Waals surface area contributed by atoms with E-state index in [9.17, 15) is 19.4 Å². The van der Waals surface area contributed by atoms with Gasteiger partial charge in [-0.3, -0.25) is 9.69 Å². The molecule has 0 aliphatic carbocycles. The van der Waals surface area contributed by atoms with Gasteiger partial charge in [-0.2, -0.15) is 0 Å². The quantitative estimate of drug-likeness (QED) is 0.469. The Morgan fingerprint density at radius 3 is 2.71 bits per heavy atom. The maximum Gasteiger partial charge on any atom is 0.274 e. The number of alkyl halides is 1. The van der Waals surface area contributed by atoms with Crippen molar-refractivity contribution in [2.75, 3.05) is 26.3 Å². The topological polar surface area (TPSA) is 98.8 Å². The molecule has 3 N–H and O–H groups in total. The third-order valence-electron chi connectivity index (χ3n) is 6.24. The standard InChI is InChI=1S/C26H30FN3O4/c1-4-28-26(33)24-23(17-5-6-18-14-30(10-8-27)9-7-16(18)11-17)25(34-29-24)20-12-19(15(2)3)21(31)13-22(20)32/h5-6,11-13,15,31-32H,4,7-10,14H2,1-3H3,(H,28,33). The van der Waals surface area contributed by atoms with Crippen LogP contribution in [0.25, 0.3) is 22.5 Å². The monoisotopic (exact) mass is 467 g/mol. The number of phenolic OH excluding ortho intramolecular Hbond substituents is 2. The Morgan fingerprint density at radius 1 is 1.21 bits per heavy atom. The molecule has 34 heavy (non-hydrogen) atoms. The summed E-state index contributed by atoms with van der Waals surface area (Å²) in [5, 5.41) is 27.8. The van der Waals surface area contributed by atoms with Crippen LogP contribution in [0.1, 0.15) is 53.9 Å². The molecular formula is C26H30FN3O4. The Morgan fingerprint density at radius 2 is 2.00 bits per heavy atom. The van der Waals surface area contributed by atoms with Crippen LogP contribution in [-0.2, 0) is 13.0 Å². The molecule has 3 aromatic rings. The predicted octanol–water partition coefficient (Wildman–Crippen LogP) is 4.62. The van der Waals surface area contributed by atoms with E-state index in [1.807, 2.05) is 39.0 Å². The van der Waals surface area contributed by atoms with Crippen LogP contribution in [0, 0.1) is 0 Å². The number of benzene rings is 2. The maximum absolute atomic E-state index is 12.8. The molecule has 0 bridgehead atoms. The van der Waals surface area contributed by atoms with E-state index in [0.29, 0.717) is 36.3 Å². The number of aromatic nitrogens is 1. The second-order valence-electron chi connectivity index (χ2n) is 8.88. The molecule has 0 fully saturated rings. The smallest absolute Gasteiger partial charge is 0.274 e. The lowest BCUT2D eigenvalue weighted by atomic mass is 9.91. The van der Waals surface area contributed by atoms with Crippen molar-refractivity contribution in [3.05, 3.63) is 52.7 Å². The van der Waals surface area contributed by atoms with Crippen LogP contribution in [0.3, 0.4) is 0 Å². The van der Waals surface area contributed by atoms with E-state index in [4.69, 9.17) is 4.52 Å². The lowest BCUT2D eigenvalue weighted by Gasteiger charge is -2.28. The fraction of sp³-hybridized carbons (Fsp3) is 0.385. The number of halogens is 1. The second-order valence-corrected chi connectivity index (χ2v) is 8.88. The van der Waals surface area contributed by atoms with Crippen LogP contribution in [0.5, 0.6) is 11.5 Å². The van der Waals surface area contributed by atoms with Crippen molar-refractivity contribution in [3.8, 4) is 33.9 Å². The molecule has 1 aromatic heterocycles. The van der Waals surface area contributed by atoms with Gasteiger partial charge in [-0.15, -0.1) is 0 Å². The summed E-state index contributed by atoms with van der Waals surface area (Å²) >= 11 is 0. The first-order valence-electron chi connectivity index (χ1n) is 11.6. The van der Waals surface area contributed by atoms with Crippen LogP contribution < -0.4 is 5.32 Å². The number of hydrogen-bond donors (Lipinski definition) is 3. The van der Waals surface area contributed by atoms with Crippen LogP contribution in [-0.4, -0.2) is 52.5 Å². The number of carbonyl (C=O) groups is 1. The van der Waals surface area contributed by atoms with Gasteiger partial charge in [0.15, 0.2) is 11.5 Å². The van der Waals surface area contributed by atoms with Crippen molar-refractivity contribution in [2.24, 2.45) is 0 Å². The zero-order valence-corrected chi connectivity index (χ0v) is 19.7. The molecule has 2 heterocycles. The summed E-state index contributed by atoms with van der Waals surface area (Å²) in [4.78, 5) is 14.9. The highest BCUT2D eigenvalue weighted by molar-refractivity contribution is 6.02. The molecule has 2 aromatic carbocycles. The highest BCUT2D eigenvalue weighted by Gasteiger charge is 2.28. The van der Waals surface area contributed by atoms with E-state index in [1.165, 1.54) is 6.07 Å². The zero-order valence-electron chi connectivity index (χ0n) is 19.7. The summed E-state index contributed by atoms with van der Waals surface area (Å²) in [5.74, 6) is -0.281. The number of rotatable bonds is 7. The molecule has 0 radical (unpaired) electrons. The largest absolute Gasteiger partial charge is 0.508 e. The van der Waals surface area contributed by atoms with Crippen LogP contribution in [0.4, 0.5) is 4.39 Å². The Labute approximate surface area is 198 Å². The van der Waals surface area contributed by atoms with Gasteiger partial charge in [0.25, 0.3) is 5.91 Å². The number of nitrogens with one attached hydrogen (secondary N) is 1. The molecule has 1 aliphatic heterocycles. The molecule has 4 rings (SSSR count). The van der Waals surface area contributed by atoms with Gasteiger partial charge in [-0.1, -0.05) is 37.2 Å². The molecule has 1 amide bonds. The molecule has 0 saturated carbocycles. The summed E-state index contributed by atoms with van der Waals surface area (Å²) in [6, 6.07) is 8.87. The van der Waals surface area contributed by atoms with Gasteiger partial charge >= 0.3 is 0 Å². The van der Waals surface area contributed by atoms with Crippen molar-refractivity contribution >= 4 is 5.91 Å². The van der Waals surface area contributed by atoms with Gasteiger partial charge in [0.1, 0.15) is 18.2 Å². The summed E-state index contributed by atoms with van der Waals surface area (Å²) < 4.78 is 18.4. The van der Waals surface area contributed by atoms with Crippen LogP contribution >= 0.6 is 0 Å². The molecule has 0 atom stereocenters. The number of nitrogens with zero attached hydrogens (tertiary/aromatic N) is 2. The Kier molecular flexibility index (Phi) is 6.88. The minimum absolute atomic E-state index is 0.00425. The maximum atomic E-state index is 12.8. The average molecular weight is 468 g/mol. The molecule has 0 saturated heterocycles. The first-order chi connectivity index (χ1) is 16.3. The highest BCUT2D eigenvalue weighted by Crippen LogP contribution is 2.43. The highest BCUT2D eigenvalue weighted by atomic mass is 19.1. The summed E-state index contributed by atoms with van der Waals surface area (Å²) in [5.41, 5.74) is 4.60. The SMILES string of the molecule is CCNC(=O)c1noc(-c2cc(C(C)C)c(O)cc2O)c1-c1ccc2c(c1)CCN(CCF)C2. The van der Waals surface area contributed by atoms with E-state index in [0.717, 1.165) is 29.7 Å². The van der Waals surface area contributed by atoms with Gasteiger partial charge < -0.3 is 20.1 Å². The number of fused-ring (bicyclic) bond motifs is 1. The van der Waals surface area contributed by atoms with E-state index < -0.39 is 0 Å². The number of phenols is 2. The Hall–Kier alpha value is -3.39. The number of aromatic hydroxyl groups is 2. The van der Waals surface area contributed by atoms with Crippen molar-refractivity contribution in [3.63, 3.8) is 0 Å². The molecule has 0 spiro atoms. The predicted molar refractivity (Wildman–Crippen MR) is 128 cm³/mol. The molecule has 1 aliphatic rings. The number of amides is 1. The molecular weight excluding hydrogens is 437 g/mol. The van der Waals surface area contributed by atoms with E-state index in [1.54, 1.807) is 6.07 Å². The van der Waals surface area contributed by atoms with Crippen molar-refractivity contribution in [1.29, 1.82) is 0 Å². The zero-order chi connectivity index (χ0) is 24.4. The third-order valence-corrected chi connectivity index (χ3v) is 6.24. The Balaban J connectivity index is 1.85. The van der Waals surface area contributed by atoms with Crippen molar-refractivity contribution < 1.29 is 23.9 Å². The first-order valence-corrected chi connectivity index (χ1v) is 11.6. The van der Waals surface area contributed by atoms with E-state index in [2.05, 4.69) is 15.4 Å². The Bertz CT molecular complexity index is 1200. The van der Waals surface area contributed by atoms with Gasteiger partial charge in [0, 0.05) is 32.2 Å². The molecule has 0 unspecified atom stereocenters. The fourth-order valence-electron chi connectivity index (χ4n) is 4.46. The first kappa shape index (κ1) is 23.8. The molecule has 8 heteroatoms. The van der Waals surface area contributed by atoms with Gasteiger partial charge in [-0.25, -0.2) is 4.39 Å². The van der Waals surface area contributed by atoms with E-state index >= 15 is 0 Å². The van der Waals surface area contributed by atoms with Crippen LogP contribution in [0.2, 0.25) is 0 Å². The summed E-state index contributed by atoms with van der Waals surface area (Å²) in [6.07, 6.45) is 0.766. The lowest BCUT2D eigenvalue weighted by Crippen LogP contribution is -2.32. The third kappa shape index (κ3) is 4.50. The van der Waals surface area contributed by atoms with Crippen molar-refractivity contribution in [2.45, 2.75) is 39.7 Å². The second kappa shape index (κ2) is 9.85. The minimum Gasteiger partial charge on any atom is -0.508 e. The van der Waals surface area contributed by atoms with Crippen molar-refractivity contribution in [1.82, 2.24) is 15.4 Å². The number of carbonyl (C=O) groups excluding carboxylic acids is 1.